The molecule has 2 aromatic rings. The number of phenols is 1. The van der Waals surface area contributed by atoms with Gasteiger partial charge in [0.1, 0.15) is 5.75 Å². The molecule has 5 nitrogen and oxygen atoms in total. The number of phenolic OH excluding ortho intramolecular Hbond substituents is 1. The second-order valence-corrected chi connectivity index (χ2v) is 5.11. The number of rotatable bonds is 3. The van der Waals surface area contributed by atoms with Gasteiger partial charge in [-0.05, 0) is 56.5 Å². The standard InChI is InChI=1S/C16H19N3O2/c1-5-13-12(8-11(4)18-19-13)16(21)17-14-6-10(3)15(20)7-9(14)2/h6-8,20H,5H2,1-4H3,(H,17,21). The summed E-state index contributed by atoms with van der Waals surface area (Å²) in [5.41, 5.74) is 4.13. The van der Waals surface area contributed by atoms with E-state index in [2.05, 4.69) is 15.5 Å². The summed E-state index contributed by atoms with van der Waals surface area (Å²) in [7, 11) is 0. The van der Waals surface area contributed by atoms with Gasteiger partial charge in [-0.15, -0.1) is 0 Å². The summed E-state index contributed by atoms with van der Waals surface area (Å²) in [6.07, 6.45) is 0.642. The lowest BCUT2D eigenvalue weighted by Gasteiger charge is -2.12. The molecule has 0 bridgehead atoms. The van der Waals surface area contributed by atoms with Crippen LogP contribution < -0.4 is 5.32 Å². The van der Waals surface area contributed by atoms with E-state index in [1.54, 1.807) is 32.0 Å². The van der Waals surface area contributed by atoms with Gasteiger partial charge in [-0.3, -0.25) is 4.79 Å². The fraction of sp³-hybridized carbons (Fsp3) is 0.312. The van der Waals surface area contributed by atoms with Crippen molar-refractivity contribution in [1.29, 1.82) is 0 Å². The van der Waals surface area contributed by atoms with Crippen molar-refractivity contribution in [3.8, 4) is 5.75 Å². The minimum Gasteiger partial charge on any atom is -0.508 e. The number of aromatic hydroxyl groups is 1. The largest absolute Gasteiger partial charge is 0.508 e. The molecule has 0 unspecified atom stereocenters. The van der Waals surface area contributed by atoms with E-state index in [1.807, 2.05) is 13.8 Å². The molecule has 0 aliphatic rings. The highest BCUT2D eigenvalue weighted by molar-refractivity contribution is 6.05. The number of carbonyl (C=O) groups is 1. The van der Waals surface area contributed by atoms with Crippen LogP contribution >= 0.6 is 0 Å². The summed E-state index contributed by atoms with van der Waals surface area (Å²) in [6, 6.07) is 5.14. The summed E-state index contributed by atoms with van der Waals surface area (Å²) in [5, 5.41) is 20.6. The van der Waals surface area contributed by atoms with E-state index >= 15 is 0 Å². The Morgan fingerprint density at radius 1 is 1.14 bits per heavy atom. The topological polar surface area (TPSA) is 75.1 Å². The molecule has 0 aliphatic heterocycles. The maximum atomic E-state index is 12.5. The predicted molar refractivity (Wildman–Crippen MR) is 81.7 cm³/mol. The van der Waals surface area contributed by atoms with Gasteiger partial charge in [0, 0.05) is 5.69 Å². The monoisotopic (exact) mass is 285 g/mol. The molecule has 110 valence electrons. The van der Waals surface area contributed by atoms with Crippen LogP contribution in [0, 0.1) is 20.8 Å². The Kier molecular flexibility index (Phi) is 4.21. The van der Waals surface area contributed by atoms with Crippen molar-refractivity contribution < 1.29 is 9.90 Å². The van der Waals surface area contributed by atoms with Gasteiger partial charge in [0.15, 0.2) is 0 Å². The van der Waals surface area contributed by atoms with Gasteiger partial charge >= 0.3 is 0 Å². The van der Waals surface area contributed by atoms with Crippen molar-refractivity contribution in [2.24, 2.45) is 0 Å². The third-order valence-electron chi connectivity index (χ3n) is 3.36. The molecule has 0 radical (unpaired) electrons. The highest BCUT2D eigenvalue weighted by atomic mass is 16.3. The minimum atomic E-state index is -0.210. The van der Waals surface area contributed by atoms with Gasteiger partial charge < -0.3 is 10.4 Å². The number of carbonyl (C=O) groups excluding carboxylic acids is 1. The van der Waals surface area contributed by atoms with Crippen LogP contribution in [0.5, 0.6) is 5.75 Å². The Bertz CT molecular complexity index is 696. The molecule has 21 heavy (non-hydrogen) atoms. The molecule has 5 heteroatoms. The molecule has 0 saturated carbocycles. The number of anilines is 1. The first-order valence-electron chi connectivity index (χ1n) is 6.87. The van der Waals surface area contributed by atoms with Crippen molar-refractivity contribution in [3.63, 3.8) is 0 Å². The SMILES string of the molecule is CCc1nnc(C)cc1C(=O)Nc1cc(C)c(O)cc1C. The highest BCUT2D eigenvalue weighted by Crippen LogP contribution is 2.25. The molecule has 1 heterocycles. The number of nitrogens with zero attached hydrogens (tertiary/aromatic N) is 2. The number of benzene rings is 1. The lowest BCUT2D eigenvalue weighted by atomic mass is 10.1. The van der Waals surface area contributed by atoms with Crippen molar-refractivity contribution in [3.05, 3.63) is 46.3 Å². The maximum Gasteiger partial charge on any atom is 0.257 e. The third kappa shape index (κ3) is 3.18. The Morgan fingerprint density at radius 2 is 1.86 bits per heavy atom. The molecule has 0 spiro atoms. The summed E-state index contributed by atoms with van der Waals surface area (Å²) < 4.78 is 0. The van der Waals surface area contributed by atoms with E-state index in [0.717, 1.165) is 11.1 Å². The Labute approximate surface area is 124 Å². The van der Waals surface area contributed by atoms with E-state index in [9.17, 15) is 9.90 Å². The van der Waals surface area contributed by atoms with E-state index in [-0.39, 0.29) is 11.7 Å². The van der Waals surface area contributed by atoms with Crippen LogP contribution in [0.3, 0.4) is 0 Å². The number of amides is 1. The molecule has 1 aromatic heterocycles. The van der Waals surface area contributed by atoms with Crippen LogP contribution in [-0.4, -0.2) is 21.2 Å². The number of hydrogen-bond acceptors (Lipinski definition) is 4. The summed E-state index contributed by atoms with van der Waals surface area (Å²) >= 11 is 0. The van der Waals surface area contributed by atoms with E-state index in [1.165, 1.54) is 0 Å². The van der Waals surface area contributed by atoms with Gasteiger partial charge in [0.2, 0.25) is 0 Å². The summed E-state index contributed by atoms with van der Waals surface area (Å²) in [4.78, 5) is 12.5. The second kappa shape index (κ2) is 5.91. The van der Waals surface area contributed by atoms with Crippen molar-refractivity contribution >= 4 is 11.6 Å². The van der Waals surface area contributed by atoms with Crippen LogP contribution in [0.2, 0.25) is 0 Å². The van der Waals surface area contributed by atoms with Gasteiger partial charge in [0.05, 0.1) is 17.0 Å². The molecular weight excluding hydrogens is 266 g/mol. The molecule has 0 saturated heterocycles. The van der Waals surface area contributed by atoms with Crippen LogP contribution in [-0.2, 0) is 6.42 Å². The van der Waals surface area contributed by atoms with Gasteiger partial charge in [0.25, 0.3) is 5.91 Å². The van der Waals surface area contributed by atoms with Gasteiger partial charge in [-0.25, -0.2) is 0 Å². The molecular formula is C16H19N3O2. The van der Waals surface area contributed by atoms with Crippen LogP contribution in [0.4, 0.5) is 5.69 Å². The third-order valence-corrected chi connectivity index (χ3v) is 3.36. The van der Waals surface area contributed by atoms with Crippen molar-refractivity contribution in [2.45, 2.75) is 34.1 Å². The summed E-state index contributed by atoms with van der Waals surface area (Å²) in [5.74, 6) is 0.0132. The van der Waals surface area contributed by atoms with E-state index in [0.29, 0.717) is 29.1 Å². The molecule has 0 atom stereocenters. The predicted octanol–water partition coefficient (Wildman–Crippen LogP) is 2.92. The van der Waals surface area contributed by atoms with Crippen LogP contribution in [0.1, 0.15) is 39.8 Å². The first kappa shape index (κ1) is 15.0. The Balaban J connectivity index is 2.34. The average molecular weight is 285 g/mol. The Hall–Kier alpha value is -2.43. The Morgan fingerprint density at radius 3 is 2.52 bits per heavy atom. The van der Waals surface area contributed by atoms with Crippen LogP contribution in [0.15, 0.2) is 18.2 Å². The molecule has 2 N–H and O–H groups in total. The zero-order valence-electron chi connectivity index (χ0n) is 12.7. The fourth-order valence-corrected chi connectivity index (χ4v) is 2.10. The molecule has 1 aromatic carbocycles. The fourth-order valence-electron chi connectivity index (χ4n) is 2.10. The van der Waals surface area contributed by atoms with Gasteiger partial charge in [-0.2, -0.15) is 10.2 Å². The number of nitrogens with one attached hydrogen (secondary N) is 1. The zero-order valence-corrected chi connectivity index (χ0v) is 12.7. The second-order valence-electron chi connectivity index (χ2n) is 5.11. The summed E-state index contributed by atoms with van der Waals surface area (Å²) in [6.45, 7) is 7.37. The first-order valence-corrected chi connectivity index (χ1v) is 6.87. The van der Waals surface area contributed by atoms with Crippen molar-refractivity contribution in [1.82, 2.24) is 10.2 Å². The molecule has 2 rings (SSSR count). The molecule has 0 aliphatic carbocycles. The normalized spacial score (nSPS) is 10.5. The minimum absolute atomic E-state index is 0.210. The number of aromatic nitrogens is 2. The van der Waals surface area contributed by atoms with Gasteiger partial charge in [-0.1, -0.05) is 6.92 Å². The number of hydrogen-bond donors (Lipinski definition) is 2. The van der Waals surface area contributed by atoms with Crippen LogP contribution in [0.25, 0.3) is 0 Å². The highest BCUT2D eigenvalue weighted by Gasteiger charge is 2.14. The lowest BCUT2D eigenvalue weighted by molar-refractivity contribution is 0.102. The quantitative estimate of drug-likeness (QED) is 0.850. The van der Waals surface area contributed by atoms with E-state index in [4.69, 9.17) is 0 Å². The maximum absolute atomic E-state index is 12.5. The van der Waals surface area contributed by atoms with Crippen molar-refractivity contribution in [2.75, 3.05) is 5.32 Å². The molecule has 0 fully saturated rings. The molecule has 1 amide bonds. The lowest BCUT2D eigenvalue weighted by Crippen LogP contribution is -2.17. The van der Waals surface area contributed by atoms with E-state index < -0.39 is 0 Å². The zero-order chi connectivity index (χ0) is 15.6. The first-order chi connectivity index (χ1) is 9.92. The smallest absolute Gasteiger partial charge is 0.257 e. The number of aryl methyl sites for hydroxylation is 4. The average Bonchev–Trinajstić information content (AvgIpc) is 2.44.